The summed E-state index contributed by atoms with van der Waals surface area (Å²) >= 11 is 0. The van der Waals surface area contributed by atoms with Gasteiger partial charge in [0, 0.05) is 15.8 Å². The van der Waals surface area contributed by atoms with E-state index in [1.165, 1.54) is 11.1 Å². The van der Waals surface area contributed by atoms with Crippen LogP contribution in [0.4, 0.5) is 0 Å². The average molecular weight is 414 g/mol. The molecule has 0 aliphatic heterocycles. The molecule has 0 saturated heterocycles. The van der Waals surface area contributed by atoms with Gasteiger partial charge in [0.15, 0.2) is 0 Å². The van der Waals surface area contributed by atoms with Crippen molar-refractivity contribution in [2.24, 2.45) is 0 Å². The van der Waals surface area contributed by atoms with Crippen LogP contribution in [-0.2, 0) is 10.8 Å². The van der Waals surface area contributed by atoms with Gasteiger partial charge in [-0.1, -0.05) is 67.0 Å². The Morgan fingerprint density at radius 1 is 0.724 bits per heavy atom. The number of hydrogen-bond acceptors (Lipinski definition) is 2. The van der Waals surface area contributed by atoms with E-state index >= 15 is 0 Å². The summed E-state index contributed by atoms with van der Waals surface area (Å²) in [6.07, 6.45) is 2.10. The predicted molar refractivity (Wildman–Crippen MR) is 127 cm³/mol. The van der Waals surface area contributed by atoms with Gasteiger partial charge in [-0.3, -0.25) is 0 Å². The average Bonchev–Trinajstić information content (AvgIpc) is 2.51. The smallest absolute Gasteiger partial charge is 0.119 e. The van der Waals surface area contributed by atoms with Gasteiger partial charge in [-0.05, 0) is 76.6 Å². The number of benzene rings is 2. The van der Waals surface area contributed by atoms with Gasteiger partial charge in [0.2, 0.25) is 0 Å². The molecule has 0 atom stereocenters. The summed E-state index contributed by atoms with van der Waals surface area (Å²) in [5.74, 6) is 0.997. The summed E-state index contributed by atoms with van der Waals surface area (Å²) in [5.41, 5.74) is 6.52. The van der Waals surface area contributed by atoms with E-state index in [0.29, 0.717) is 11.5 Å². The minimum absolute atomic E-state index is 0. The van der Waals surface area contributed by atoms with Crippen molar-refractivity contribution in [2.75, 3.05) is 0 Å². The fraction of sp³-hybridized carbons (Fsp3) is 0.538. The lowest BCUT2D eigenvalue weighted by atomic mass is 9.76. The highest BCUT2D eigenvalue weighted by Crippen LogP contribution is 2.42. The van der Waals surface area contributed by atoms with Gasteiger partial charge in [-0.25, -0.2) is 0 Å². The van der Waals surface area contributed by atoms with Crippen molar-refractivity contribution in [3.8, 4) is 11.5 Å². The molecule has 0 saturated carbocycles. The van der Waals surface area contributed by atoms with Crippen LogP contribution in [0.1, 0.15) is 101 Å². The third kappa shape index (κ3) is 5.54. The standard InChI is InChI=1S/C26H38O2.P/c1-10-11-18(19-14-21(25(4,5)6)23(27)12-16(19)2)20-15-22(26(7,8)9)24(28)13-17(20)3;/h12-15,18,27-28H,10-11H2,1-9H3;. The van der Waals surface area contributed by atoms with Crippen molar-refractivity contribution in [1.29, 1.82) is 0 Å². The summed E-state index contributed by atoms with van der Waals surface area (Å²) in [5, 5.41) is 21.1. The fourth-order valence-electron chi connectivity index (χ4n) is 4.14. The first-order valence-corrected chi connectivity index (χ1v) is 10.4. The second-order valence-corrected chi connectivity index (χ2v) is 10.3. The van der Waals surface area contributed by atoms with E-state index in [9.17, 15) is 10.2 Å². The molecule has 2 N–H and O–H groups in total. The first-order chi connectivity index (χ1) is 12.8. The van der Waals surface area contributed by atoms with Gasteiger partial charge in [0.25, 0.3) is 0 Å². The molecule has 0 aliphatic rings. The minimum Gasteiger partial charge on any atom is -0.508 e. The van der Waals surface area contributed by atoms with Crippen LogP contribution >= 0.6 is 9.90 Å². The molecule has 0 aliphatic carbocycles. The fourth-order valence-corrected chi connectivity index (χ4v) is 4.14. The van der Waals surface area contributed by atoms with E-state index in [-0.39, 0.29) is 26.6 Å². The number of hydrogen-bond donors (Lipinski definition) is 2. The Labute approximate surface area is 181 Å². The number of aromatic hydroxyl groups is 2. The molecule has 0 bridgehead atoms. The maximum Gasteiger partial charge on any atom is 0.119 e. The van der Waals surface area contributed by atoms with Crippen LogP contribution in [0.15, 0.2) is 24.3 Å². The van der Waals surface area contributed by atoms with Crippen LogP contribution in [0.5, 0.6) is 11.5 Å². The van der Waals surface area contributed by atoms with Crippen molar-refractivity contribution < 1.29 is 10.2 Å². The zero-order valence-corrected chi connectivity index (χ0v) is 20.5. The highest BCUT2D eigenvalue weighted by atomic mass is 31.0. The van der Waals surface area contributed by atoms with E-state index in [4.69, 9.17) is 0 Å². The Morgan fingerprint density at radius 3 is 1.34 bits per heavy atom. The molecule has 3 radical (unpaired) electrons. The Kier molecular flexibility index (Phi) is 7.99. The van der Waals surface area contributed by atoms with Gasteiger partial charge in [-0.15, -0.1) is 0 Å². The van der Waals surface area contributed by atoms with E-state index in [2.05, 4.69) is 74.4 Å². The largest absolute Gasteiger partial charge is 0.508 e. The summed E-state index contributed by atoms with van der Waals surface area (Å²) in [6, 6.07) is 8.24. The monoisotopic (exact) mass is 413 g/mol. The highest BCUT2D eigenvalue weighted by molar-refractivity contribution is 6.92. The number of phenols is 2. The molecule has 0 aromatic heterocycles. The molecule has 2 nitrogen and oxygen atoms in total. The molecule has 0 fully saturated rings. The normalized spacial score (nSPS) is 12.2. The van der Waals surface area contributed by atoms with Crippen LogP contribution in [-0.4, -0.2) is 10.2 Å². The molecule has 0 heterocycles. The second-order valence-electron chi connectivity index (χ2n) is 10.3. The van der Waals surface area contributed by atoms with Crippen molar-refractivity contribution in [2.45, 2.75) is 91.9 Å². The molecule has 0 amide bonds. The van der Waals surface area contributed by atoms with Crippen LogP contribution in [0.25, 0.3) is 0 Å². The van der Waals surface area contributed by atoms with Crippen molar-refractivity contribution in [3.63, 3.8) is 0 Å². The summed E-state index contributed by atoms with van der Waals surface area (Å²) in [7, 11) is 0. The van der Waals surface area contributed by atoms with Gasteiger partial charge in [0.05, 0.1) is 0 Å². The molecule has 159 valence electrons. The highest BCUT2D eigenvalue weighted by Gasteiger charge is 2.26. The predicted octanol–water partition coefficient (Wildman–Crippen LogP) is 8.10. The minimum atomic E-state index is -0.121. The molecule has 2 aromatic rings. The van der Waals surface area contributed by atoms with Crippen LogP contribution in [0.3, 0.4) is 0 Å². The van der Waals surface area contributed by atoms with Gasteiger partial charge in [-0.2, -0.15) is 0 Å². The lowest BCUT2D eigenvalue weighted by Gasteiger charge is -2.29. The number of rotatable bonds is 4. The lowest BCUT2D eigenvalue weighted by Crippen LogP contribution is -2.16. The van der Waals surface area contributed by atoms with E-state index in [1.54, 1.807) is 0 Å². The van der Waals surface area contributed by atoms with Gasteiger partial charge in [0.1, 0.15) is 11.5 Å². The zero-order valence-electron chi connectivity index (χ0n) is 19.6. The Bertz CT molecular complexity index is 785. The van der Waals surface area contributed by atoms with Crippen LogP contribution in [0.2, 0.25) is 0 Å². The van der Waals surface area contributed by atoms with E-state index < -0.39 is 0 Å². The first-order valence-electron chi connectivity index (χ1n) is 10.4. The third-order valence-corrected chi connectivity index (χ3v) is 5.71. The maximum absolute atomic E-state index is 10.5. The topological polar surface area (TPSA) is 40.5 Å². The number of aryl methyl sites for hydroxylation is 2. The summed E-state index contributed by atoms with van der Waals surface area (Å²) in [6.45, 7) is 19.2. The van der Waals surface area contributed by atoms with Crippen LogP contribution in [0, 0.1) is 13.8 Å². The quantitative estimate of drug-likeness (QED) is 0.497. The molecular weight excluding hydrogens is 375 g/mol. The summed E-state index contributed by atoms with van der Waals surface area (Å²) < 4.78 is 0. The molecule has 2 aromatic carbocycles. The maximum atomic E-state index is 10.5. The van der Waals surface area contributed by atoms with Gasteiger partial charge >= 0.3 is 0 Å². The zero-order chi connectivity index (χ0) is 21.4. The molecule has 3 heteroatoms. The van der Waals surface area contributed by atoms with Crippen LogP contribution < -0.4 is 0 Å². The Morgan fingerprint density at radius 2 is 1.07 bits per heavy atom. The SMILES string of the molecule is CCCC(c1cc(C(C)(C)C)c(O)cc1C)c1cc(C(C)(C)C)c(O)cc1C.[P]. The lowest BCUT2D eigenvalue weighted by molar-refractivity contribution is 0.445. The second kappa shape index (κ2) is 9.09. The Hall–Kier alpha value is -1.53. The number of phenolic OH excluding ortho intramolecular Hbond substituents is 2. The molecule has 0 spiro atoms. The third-order valence-electron chi connectivity index (χ3n) is 5.71. The van der Waals surface area contributed by atoms with Crippen molar-refractivity contribution >= 4 is 9.90 Å². The molecule has 29 heavy (non-hydrogen) atoms. The van der Waals surface area contributed by atoms with Gasteiger partial charge < -0.3 is 10.2 Å². The molecule has 0 unspecified atom stereocenters. The molecule has 2 rings (SSSR count). The van der Waals surface area contributed by atoms with Crippen molar-refractivity contribution in [1.82, 2.24) is 0 Å². The van der Waals surface area contributed by atoms with E-state index in [0.717, 1.165) is 35.1 Å². The van der Waals surface area contributed by atoms with E-state index in [1.807, 2.05) is 12.1 Å². The van der Waals surface area contributed by atoms with Crippen molar-refractivity contribution in [3.05, 3.63) is 57.6 Å². The Balaban J connectivity index is 0.00000420. The molecular formula is C26H38O2P. The summed E-state index contributed by atoms with van der Waals surface area (Å²) in [4.78, 5) is 0. The first kappa shape index (κ1) is 25.5.